The van der Waals surface area contributed by atoms with Crippen molar-refractivity contribution in [3.05, 3.63) is 27.6 Å². The average Bonchev–Trinajstić information content (AvgIpc) is 1.93. The summed E-state index contributed by atoms with van der Waals surface area (Å²) in [4.78, 5) is 0. The number of rotatable bonds is 1. The summed E-state index contributed by atoms with van der Waals surface area (Å²) < 4.78 is 51.2. The summed E-state index contributed by atoms with van der Waals surface area (Å²) in [6.07, 6.45) is -4.74. The van der Waals surface area contributed by atoms with E-state index in [1.807, 2.05) is 0 Å². The molecule has 0 amide bonds. The second kappa shape index (κ2) is 3.69. The van der Waals surface area contributed by atoms with Gasteiger partial charge in [0.15, 0.2) is 0 Å². The van der Waals surface area contributed by atoms with Crippen molar-refractivity contribution in [2.75, 3.05) is 0 Å². The van der Waals surface area contributed by atoms with Crippen LogP contribution in [0.5, 0.6) is 5.75 Å². The normalized spacial score (nSPS) is 11.5. The van der Waals surface area contributed by atoms with Gasteiger partial charge in [0.05, 0.1) is 3.57 Å². The predicted octanol–water partition coefficient (Wildman–Crippen LogP) is 3.33. The van der Waals surface area contributed by atoms with Gasteiger partial charge in [0.1, 0.15) is 11.6 Å². The van der Waals surface area contributed by atoms with Gasteiger partial charge in [-0.25, -0.2) is 4.39 Å². The molecule has 1 nitrogen and oxygen atoms in total. The fourth-order valence-corrected chi connectivity index (χ4v) is 1.27. The Hall–Kier alpha value is -0.530. The molecule has 0 radical (unpaired) electrons. The van der Waals surface area contributed by atoms with Crippen molar-refractivity contribution in [2.24, 2.45) is 0 Å². The summed E-state index contributed by atoms with van der Waals surface area (Å²) in [7, 11) is 0. The molecule has 6 heteroatoms. The summed E-state index contributed by atoms with van der Waals surface area (Å²) in [5, 5.41) is 0. The summed E-state index contributed by atoms with van der Waals surface area (Å²) >= 11 is 1.56. The smallest absolute Gasteiger partial charge is 0.405 e. The molecule has 1 aromatic rings. The van der Waals surface area contributed by atoms with Crippen LogP contribution in [0, 0.1) is 9.39 Å². The molecule has 0 atom stereocenters. The number of benzene rings is 1. The van der Waals surface area contributed by atoms with Gasteiger partial charge in [0.2, 0.25) is 0 Å². The fourth-order valence-electron chi connectivity index (χ4n) is 0.683. The first-order valence-electron chi connectivity index (χ1n) is 3.09. The number of halogens is 5. The Kier molecular flexibility index (Phi) is 2.99. The van der Waals surface area contributed by atoms with E-state index in [9.17, 15) is 17.6 Å². The van der Waals surface area contributed by atoms with Gasteiger partial charge in [-0.05, 0) is 40.8 Å². The van der Waals surface area contributed by atoms with Crippen LogP contribution in [0.25, 0.3) is 0 Å². The Labute approximate surface area is 84.8 Å². The molecule has 0 saturated heterocycles. The van der Waals surface area contributed by atoms with Crippen molar-refractivity contribution in [3.63, 3.8) is 0 Å². The van der Waals surface area contributed by atoms with Crippen LogP contribution in [-0.4, -0.2) is 6.36 Å². The number of alkyl halides is 3. The molecule has 0 aliphatic heterocycles. The lowest BCUT2D eigenvalue weighted by atomic mass is 10.3. The van der Waals surface area contributed by atoms with Gasteiger partial charge in [-0.3, -0.25) is 0 Å². The molecule has 1 aromatic carbocycles. The van der Waals surface area contributed by atoms with E-state index in [-0.39, 0.29) is 3.57 Å². The van der Waals surface area contributed by atoms with E-state index >= 15 is 0 Å². The van der Waals surface area contributed by atoms with Crippen LogP contribution in [-0.2, 0) is 0 Å². The van der Waals surface area contributed by atoms with E-state index in [1.54, 1.807) is 22.6 Å². The Morgan fingerprint density at radius 3 is 2.31 bits per heavy atom. The lowest BCUT2D eigenvalue weighted by Crippen LogP contribution is -2.17. The van der Waals surface area contributed by atoms with E-state index in [0.29, 0.717) is 0 Å². The van der Waals surface area contributed by atoms with Crippen molar-refractivity contribution in [1.82, 2.24) is 0 Å². The molecule has 0 heterocycles. The van der Waals surface area contributed by atoms with Crippen molar-refractivity contribution in [3.8, 4) is 5.75 Å². The molecule has 0 aliphatic carbocycles. The van der Waals surface area contributed by atoms with Crippen LogP contribution in [0.2, 0.25) is 0 Å². The molecule has 1 rings (SSSR count). The van der Waals surface area contributed by atoms with E-state index < -0.39 is 17.9 Å². The van der Waals surface area contributed by atoms with Crippen LogP contribution < -0.4 is 4.74 Å². The van der Waals surface area contributed by atoms with Gasteiger partial charge in [-0.15, -0.1) is 13.2 Å². The Balaban J connectivity index is 2.90. The first-order valence-corrected chi connectivity index (χ1v) is 4.17. The monoisotopic (exact) mass is 306 g/mol. The number of ether oxygens (including phenoxy) is 1. The summed E-state index contributed by atoms with van der Waals surface area (Å²) in [5.74, 6) is -0.992. The van der Waals surface area contributed by atoms with Crippen LogP contribution in [0.3, 0.4) is 0 Å². The molecule has 0 spiro atoms. The number of hydrogen-bond acceptors (Lipinski definition) is 1. The SMILES string of the molecule is Fc1ccc(OC(F)(F)F)c(I)c1. The van der Waals surface area contributed by atoms with Gasteiger partial charge < -0.3 is 4.74 Å². The van der Waals surface area contributed by atoms with Crippen molar-refractivity contribution in [2.45, 2.75) is 6.36 Å². The summed E-state index contributed by atoms with van der Waals surface area (Å²) in [6, 6.07) is 2.80. The Morgan fingerprint density at radius 1 is 1.23 bits per heavy atom. The fraction of sp³-hybridized carbons (Fsp3) is 0.143. The summed E-state index contributed by atoms with van der Waals surface area (Å²) in [5.41, 5.74) is 0. The molecule has 13 heavy (non-hydrogen) atoms. The molecule has 0 unspecified atom stereocenters. The van der Waals surface area contributed by atoms with Gasteiger partial charge in [-0.1, -0.05) is 0 Å². The second-order valence-corrected chi connectivity index (χ2v) is 3.28. The highest BCUT2D eigenvalue weighted by atomic mass is 127. The standard InChI is InChI=1S/C7H3F4IO/c8-4-1-2-6(5(12)3-4)13-7(9,10)11/h1-3H. The first-order chi connectivity index (χ1) is 5.88. The minimum atomic E-state index is -4.74. The molecule has 0 N–H and O–H groups in total. The minimum absolute atomic E-state index is 0.0786. The van der Waals surface area contributed by atoms with Gasteiger partial charge in [0, 0.05) is 0 Å². The molecule has 0 fully saturated rings. The summed E-state index contributed by atoms with van der Waals surface area (Å²) in [6.45, 7) is 0. The maximum atomic E-state index is 12.4. The third kappa shape index (κ3) is 3.37. The van der Waals surface area contributed by atoms with E-state index in [0.717, 1.165) is 18.2 Å². The number of hydrogen-bond donors (Lipinski definition) is 0. The molecule has 72 valence electrons. The van der Waals surface area contributed by atoms with E-state index in [1.165, 1.54) is 0 Å². The zero-order chi connectivity index (χ0) is 10.1. The zero-order valence-corrected chi connectivity index (χ0v) is 8.19. The largest absolute Gasteiger partial charge is 0.573 e. The van der Waals surface area contributed by atoms with E-state index in [4.69, 9.17) is 0 Å². The molecule has 0 saturated carbocycles. The van der Waals surface area contributed by atoms with Crippen LogP contribution in [0.4, 0.5) is 17.6 Å². The lowest BCUT2D eigenvalue weighted by molar-refractivity contribution is -0.275. The maximum Gasteiger partial charge on any atom is 0.573 e. The Morgan fingerprint density at radius 2 is 1.85 bits per heavy atom. The zero-order valence-electron chi connectivity index (χ0n) is 6.03. The topological polar surface area (TPSA) is 9.23 Å². The minimum Gasteiger partial charge on any atom is -0.405 e. The second-order valence-electron chi connectivity index (χ2n) is 2.12. The molecular weight excluding hydrogens is 303 g/mol. The van der Waals surface area contributed by atoms with Crippen LogP contribution in [0.15, 0.2) is 18.2 Å². The highest BCUT2D eigenvalue weighted by Gasteiger charge is 2.31. The maximum absolute atomic E-state index is 12.4. The van der Waals surface area contributed by atoms with Crippen molar-refractivity contribution >= 4 is 22.6 Å². The van der Waals surface area contributed by atoms with Crippen molar-refractivity contribution in [1.29, 1.82) is 0 Å². The highest BCUT2D eigenvalue weighted by Crippen LogP contribution is 2.27. The first kappa shape index (κ1) is 10.6. The third-order valence-electron chi connectivity index (χ3n) is 1.12. The predicted molar refractivity (Wildman–Crippen MR) is 45.8 cm³/mol. The van der Waals surface area contributed by atoms with Gasteiger partial charge in [-0.2, -0.15) is 0 Å². The quantitative estimate of drug-likeness (QED) is 0.571. The van der Waals surface area contributed by atoms with Crippen LogP contribution >= 0.6 is 22.6 Å². The van der Waals surface area contributed by atoms with E-state index in [2.05, 4.69) is 4.74 Å². The Bertz CT molecular complexity index is 310. The highest BCUT2D eigenvalue weighted by molar-refractivity contribution is 14.1. The van der Waals surface area contributed by atoms with Crippen molar-refractivity contribution < 1.29 is 22.3 Å². The van der Waals surface area contributed by atoms with Gasteiger partial charge in [0.25, 0.3) is 0 Å². The van der Waals surface area contributed by atoms with Crippen LogP contribution in [0.1, 0.15) is 0 Å². The third-order valence-corrected chi connectivity index (χ3v) is 1.96. The average molecular weight is 306 g/mol. The molecular formula is C7H3F4IO. The lowest BCUT2D eigenvalue weighted by Gasteiger charge is -2.09. The van der Waals surface area contributed by atoms with Gasteiger partial charge >= 0.3 is 6.36 Å². The molecule has 0 aliphatic rings. The molecule has 0 bridgehead atoms. The molecule has 0 aromatic heterocycles.